The molecule has 0 aromatic rings. The third-order valence-electron chi connectivity index (χ3n) is 3.62. The van der Waals surface area contributed by atoms with Crippen molar-refractivity contribution in [3.8, 4) is 0 Å². The van der Waals surface area contributed by atoms with Crippen molar-refractivity contribution in [1.82, 2.24) is 10.6 Å². The number of amides is 2. The Morgan fingerprint density at radius 3 is 1.79 bits per heavy atom. The fourth-order valence-corrected chi connectivity index (χ4v) is 2.04. The van der Waals surface area contributed by atoms with E-state index in [0.717, 1.165) is 12.8 Å². The summed E-state index contributed by atoms with van der Waals surface area (Å²) in [5.74, 6) is 0.179. The van der Waals surface area contributed by atoms with E-state index in [0.29, 0.717) is 12.3 Å². The molecule has 0 bridgehead atoms. The maximum Gasteiger partial charge on any atom is 0.242 e. The number of nitrogens with one attached hydrogen (secondary N) is 2. The third kappa shape index (κ3) is 6.08. The zero-order valence-corrected chi connectivity index (χ0v) is 13.2. The summed E-state index contributed by atoms with van der Waals surface area (Å²) in [5, 5.41) is 5.80. The molecule has 3 unspecified atom stereocenters. The molecular weight excluding hydrogens is 240 g/mol. The molecule has 0 radical (unpaired) electrons. The largest absolute Gasteiger partial charge is 0.352 e. The van der Waals surface area contributed by atoms with Crippen LogP contribution in [0.5, 0.6) is 0 Å². The topological polar surface area (TPSA) is 58.2 Å². The summed E-state index contributed by atoms with van der Waals surface area (Å²) in [6.45, 7) is 12.0. The molecule has 0 aromatic carbocycles. The minimum Gasteiger partial charge on any atom is -0.352 e. The summed E-state index contributed by atoms with van der Waals surface area (Å²) in [7, 11) is 0. The van der Waals surface area contributed by atoms with Crippen LogP contribution >= 0.6 is 0 Å². The Hall–Kier alpha value is -1.06. The fraction of sp³-hybridized carbons (Fsp3) is 0.867. The van der Waals surface area contributed by atoms with Crippen molar-refractivity contribution in [2.75, 3.05) is 0 Å². The number of carbonyl (C=O) groups is 2. The van der Waals surface area contributed by atoms with Crippen LogP contribution in [-0.4, -0.2) is 23.9 Å². The summed E-state index contributed by atoms with van der Waals surface area (Å²) in [4.78, 5) is 24.2. The van der Waals surface area contributed by atoms with Crippen molar-refractivity contribution in [1.29, 1.82) is 0 Å². The average molecular weight is 270 g/mol. The van der Waals surface area contributed by atoms with E-state index in [-0.39, 0.29) is 23.8 Å². The van der Waals surface area contributed by atoms with Gasteiger partial charge in [0.25, 0.3) is 0 Å². The highest BCUT2D eigenvalue weighted by molar-refractivity contribution is 5.88. The molecule has 4 nitrogen and oxygen atoms in total. The summed E-state index contributed by atoms with van der Waals surface area (Å²) in [6, 6.07) is -0.278. The average Bonchev–Trinajstić information content (AvgIpc) is 2.35. The molecule has 0 saturated heterocycles. The Bertz CT molecular complexity index is 290. The Morgan fingerprint density at radius 1 is 0.842 bits per heavy atom. The van der Waals surface area contributed by atoms with Gasteiger partial charge in [0.05, 0.1) is 0 Å². The lowest BCUT2D eigenvalue weighted by Gasteiger charge is -2.24. The first-order chi connectivity index (χ1) is 8.87. The highest BCUT2D eigenvalue weighted by atomic mass is 16.2. The first-order valence-electron chi connectivity index (χ1n) is 7.47. The maximum atomic E-state index is 12.2. The van der Waals surface area contributed by atoms with Crippen molar-refractivity contribution < 1.29 is 9.59 Å². The van der Waals surface area contributed by atoms with Gasteiger partial charge in [-0.1, -0.05) is 34.6 Å². The zero-order chi connectivity index (χ0) is 15.0. The van der Waals surface area contributed by atoms with Gasteiger partial charge in [-0.15, -0.1) is 0 Å². The summed E-state index contributed by atoms with van der Waals surface area (Å²) in [6.07, 6.45) is 2.30. The monoisotopic (exact) mass is 270 g/mol. The van der Waals surface area contributed by atoms with Gasteiger partial charge in [-0.25, -0.2) is 0 Å². The summed E-state index contributed by atoms with van der Waals surface area (Å²) < 4.78 is 0. The van der Waals surface area contributed by atoms with E-state index in [9.17, 15) is 9.59 Å². The highest BCUT2D eigenvalue weighted by Crippen LogP contribution is 2.15. The standard InChI is InChI=1S/C15H30N2O2/c1-7-11(6)16-15(19)13(9-3)17-14(18)12(8-2)10(4)5/h10-13H,7-9H2,1-6H3,(H,16,19)(H,17,18). The first-order valence-corrected chi connectivity index (χ1v) is 7.47. The second kappa shape index (κ2) is 8.94. The van der Waals surface area contributed by atoms with Gasteiger partial charge in [-0.05, 0) is 32.1 Å². The van der Waals surface area contributed by atoms with Crippen molar-refractivity contribution in [3.05, 3.63) is 0 Å². The quantitative estimate of drug-likeness (QED) is 0.712. The summed E-state index contributed by atoms with van der Waals surface area (Å²) in [5.41, 5.74) is 0. The molecule has 0 aliphatic carbocycles. The van der Waals surface area contributed by atoms with Gasteiger partial charge in [0.2, 0.25) is 11.8 Å². The van der Waals surface area contributed by atoms with Crippen LogP contribution in [0.3, 0.4) is 0 Å². The zero-order valence-electron chi connectivity index (χ0n) is 13.2. The molecule has 0 aliphatic heterocycles. The third-order valence-corrected chi connectivity index (χ3v) is 3.62. The van der Waals surface area contributed by atoms with Crippen molar-refractivity contribution in [3.63, 3.8) is 0 Å². The van der Waals surface area contributed by atoms with Crippen LogP contribution in [-0.2, 0) is 9.59 Å². The van der Waals surface area contributed by atoms with E-state index in [1.807, 2.05) is 41.5 Å². The van der Waals surface area contributed by atoms with Crippen molar-refractivity contribution in [2.45, 2.75) is 72.9 Å². The molecule has 4 heteroatoms. The first kappa shape index (κ1) is 17.9. The molecule has 0 heterocycles. The fourth-order valence-electron chi connectivity index (χ4n) is 2.04. The lowest BCUT2D eigenvalue weighted by Crippen LogP contribution is -2.50. The molecule has 0 rings (SSSR count). The Balaban J connectivity index is 4.54. The van der Waals surface area contributed by atoms with Crippen LogP contribution < -0.4 is 10.6 Å². The minimum absolute atomic E-state index is 0.0105. The Kier molecular flexibility index (Phi) is 8.44. The van der Waals surface area contributed by atoms with Gasteiger partial charge in [-0.2, -0.15) is 0 Å². The van der Waals surface area contributed by atoms with Crippen LogP contribution in [0.1, 0.15) is 60.8 Å². The van der Waals surface area contributed by atoms with Gasteiger partial charge < -0.3 is 10.6 Å². The summed E-state index contributed by atoms with van der Waals surface area (Å²) >= 11 is 0. The lowest BCUT2D eigenvalue weighted by atomic mass is 9.92. The number of hydrogen-bond donors (Lipinski definition) is 2. The molecular formula is C15H30N2O2. The second-order valence-corrected chi connectivity index (χ2v) is 5.55. The number of carbonyl (C=O) groups excluding carboxylic acids is 2. The van der Waals surface area contributed by atoms with Crippen LogP contribution in [0.15, 0.2) is 0 Å². The van der Waals surface area contributed by atoms with Crippen LogP contribution in [0, 0.1) is 11.8 Å². The van der Waals surface area contributed by atoms with Crippen molar-refractivity contribution in [2.24, 2.45) is 11.8 Å². The molecule has 112 valence electrons. The molecule has 0 aromatic heterocycles. The van der Waals surface area contributed by atoms with E-state index < -0.39 is 6.04 Å². The SMILES string of the molecule is CCC(C)NC(=O)C(CC)NC(=O)C(CC)C(C)C. The van der Waals surface area contributed by atoms with Crippen molar-refractivity contribution >= 4 is 11.8 Å². The highest BCUT2D eigenvalue weighted by Gasteiger charge is 2.25. The van der Waals surface area contributed by atoms with E-state index >= 15 is 0 Å². The number of hydrogen-bond acceptors (Lipinski definition) is 2. The minimum atomic E-state index is -0.422. The molecule has 3 atom stereocenters. The van der Waals surface area contributed by atoms with Crippen LogP contribution in [0.4, 0.5) is 0 Å². The molecule has 0 spiro atoms. The van der Waals surface area contributed by atoms with Crippen LogP contribution in [0.2, 0.25) is 0 Å². The molecule has 2 N–H and O–H groups in total. The molecule has 19 heavy (non-hydrogen) atoms. The van der Waals surface area contributed by atoms with Gasteiger partial charge in [0.1, 0.15) is 6.04 Å². The molecule has 0 saturated carbocycles. The molecule has 0 fully saturated rings. The second-order valence-electron chi connectivity index (χ2n) is 5.55. The van der Waals surface area contributed by atoms with E-state index in [2.05, 4.69) is 10.6 Å². The Labute approximate surface area is 117 Å². The van der Waals surface area contributed by atoms with Crippen LogP contribution in [0.25, 0.3) is 0 Å². The van der Waals surface area contributed by atoms with E-state index in [4.69, 9.17) is 0 Å². The predicted octanol–water partition coefficient (Wildman–Crippen LogP) is 2.48. The lowest BCUT2D eigenvalue weighted by molar-refractivity contribution is -0.132. The van der Waals surface area contributed by atoms with Gasteiger partial charge in [0, 0.05) is 12.0 Å². The smallest absolute Gasteiger partial charge is 0.242 e. The van der Waals surface area contributed by atoms with E-state index in [1.165, 1.54) is 0 Å². The van der Waals surface area contributed by atoms with Gasteiger partial charge >= 0.3 is 0 Å². The molecule has 2 amide bonds. The van der Waals surface area contributed by atoms with E-state index in [1.54, 1.807) is 0 Å². The number of rotatable bonds is 8. The Morgan fingerprint density at radius 2 is 1.42 bits per heavy atom. The maximum absolute atomic E-state index is 12.2. The normalized spacial score (nSPS) is 15.7. The van der Waals surface area contributed by atoms with Gasteiger partial charge in [-0.3, -0.25) is 9.59 Å². The molecule has 0 aliphatic rings. The van der Waals surface area contributed by atoms with Gasteiger partial charge in [0.15, 0.2) is 0 Å². The predicted molar refractivity (Wildman–Crippen MR) is 78.7 cm³/mol.